The highest BCUT2D eigenvalue weighted by molar-refractivity contribution is 7.89. The van der Waals surface area contributed by atoms with Crippen LogP contribution in [0.3, 0.4) is 0 Å². The number of halogens is 1. The molecule has 0 aliphatic heterocycles. The number of hydrogen-bond donors (Lipinski definition) is 1. The maximum Gasteiger partial charge on any atom is 0.244 e. The molecule has 1 N–H and O–H groups in total. The highest BCUT2D eigenvalue weighted by Crippen LogP contribution is 2.27. The van der Waals surface area contributed by atoms with E-state index in [0.29, 0.717) is 5.69 Å². The van der Waals surface area contributed by atoms with Crippen molar-refractivity contribution in [2.75, 3.05) is 25.1 Å². The van der Waals surface area contributed by atoms with Gasteiger partial charge in [0.05, 0.1) is 7.11 Å². The zero-order valence-corrected chi connectivity index (χ0v) is 16.6. The van der Waals surface area contributed by atoms with Gasteiger partial charge in [-0.05, 0) is 55.3 Å². The van der Waals surface area contributed by atoms with Crippen molar-refractivity contribution < 1.29 is 22.3 Å². The maximum absolute atomic E-state index is 13.4. The van der Waals surface area contributed by atoms with Gasteiger partial charge in [-0.2, -0.15) is 0 Å². The van der Waals surface area contributed by atoms with Crippen molar-refractivity contribution in [2.24, 2.45) is 0 Å². The van der Waals surface area contributed by atoms with Gasteiger partial charge in [0.2, 0.25) is 15.9 Å². The summed E-state index contributed by atoms with van der Waals surface area (Å²) in [4.78, 5) is 13.2. The van der Waals surface area contributed by atoms with Gasteiger partial charge in [0.25, 0.3) is 0 Å². The molecule has 2 rings (SSSR count). The van der Waals surface area contributed by atoms with Gasteiger partial charge in [-0.3, -0.25) is 4.79 Å². The van der Waals surface area contributed by atoms with E-state index in [2.05, 4.69) is 4.72 Å². The molecule has 0 saturated carbocycles. The first-order valence-electron chi connectivity index (χ1n) is 8.34. The van der Waals surface area contributed by atoms with Crippen molar-refractivity contribution in [2.45, 2.75) is 25.7 Å². The Morgan fingerprint density at radius 1 is 1.19 bits per heavy atom. The first kappa shape index (κ1) is 20.9. The summed E-state index contributed by atoms with van der Waals surface area (Å²) in [6, 6.07) is 8.79. The van der Waals surface area contributed by atoms with Crippen LogP contribution in [-0.4, -0.2) is 34.5 Å². The smallest absolute Gasteiger partial charge is 0.244 e. The lowest BCUT2D eigenvalue weighted by molar-refractivity contribution is -0.116. The standard InChI is InChI=1S/C19H23FN2O4S/c1-13-10-18(26-4)19(11-14(13)2)27(24,25)21-8-9-22(15(3)23)17-7-5-6-16(20)12-17/h5-7,10-12,21H,8-9H2,1-4H3. The molecular formula is C19H23FN2O4S. The van der Waals surface area contributed by atoms with Crippen molar-refractivity contribution in [3.05, 3.63) is 53.3 Å². The number of sulfonamides is 1. The minimum atomic E-state index is -3.84. The number of benzene rings is 2. The average Bonchev–Trinajstić information content (AvgIpc) is 2.60. The first-order valence-corrected chi connectivity index (χ1v) is 9.82. The predicted octanol–water partition coefficient (Wildman–Crippen LogP) is 2.78. The number of hydrogen-bond acceptors (Lipinski definition) is 4. The van der Waals surface area contributed by atoms with E-state index in [1.807, 2.05) is 13.8 Å². The van der Waals surface area contributed by atoms with E-state index < -0.39 is 15.8 Å². The number of aryl methyl sites for hydroxylation is 2. The average molecular weight is 394 g/mol. The molecule has 0 bridgehead atoms. The lowest BCUT2D eigenvalue weighted by Crippen LogP contribution is -2.37. The van der Waals surface area contributed by atoms with Crippen LogP contribution in [0.2, 0.25) is 0 Å². The normalized spacial score (nSPS) is 11.3. The van der Waals surface area contributed by atoms with Gasteiger partial charge >= 0.3 is 0 Å². The Morgan fingerprint density at radius 2 is 1.85 bits per heavy atom. The van der Waals surface area contributed by atoms with Gasteiger partial charge in [-0.25, -0.2) is 17.5 Å². The Hall–Kier alpha value is -2.45. The summed E-state index contributed by atoms with van der Waals surface area (Å²) in [6.07, 6.45) is 0. The Morgan fingerprint density at radius 3 is 2.44 bits per heavy atom. The highest BCUT2D eigenvalue weighted by atomic mass is 32.2. The summed E-state index contributed by atoms with van der Waals surface area (Å²) in [7, 11) is -2.43. The van der Waals surface area contributed by atoms with Crippen LogP contribution < -0.4 is 14.4 Å². The molecule has 8 heteroatoms. The molecule has 2 aromatic rings. The van der Waals surface area contributed by atoms with E-state index in [1.165, 1.54) is 37.1 Å². The lowest BCUT2D eigenvalue weighted by Gasteiger charge is -2.21. The summed E-state index contributed by atoms with van der Waals surface area (Å²) < 4.78 is 46.4. The monoisotopic (exact) mass is 394 g/mol. The van der Waals surface area contributed by atoms with Gasteiger partial charge < -0.3 is 9.64 Å². The second-order valence-corrected chi connectivity index (χ2v) is 7.87. The quantitative estimate of drug-likeness (QED) is 0.784. The molecule has 0 fully saturated rings. The van der Waals surface area contributed by atoms with Crippen molar-refractivity contribution in [1.82, 2.24) is 4.72 Å². The van der Waals surface area contributed by atoms with Crippen LogP contribution in [0.15, 0.2) is 41.3 Å². The minimum absolute atomic E-state index is 0.0332. The number of amides is 1. The third kappa shape index (κ3) is 5.05. The first-order chi connectivity index (χ1) is 12.7. The largest absolute Gasteiger partial charge is 0.495 e. The third-order valence-electron chi connectivity index (χ3n) is 4.20. The SMILES string of the molecule is COc1cc(C)c(C)cc1S(=O)(=O)NCCN(C(C)=O)c1cccc(F)c1. The van der Waals surface area contributed by atoms with E-state index in [9.17, 15) is 17.6 Å². The summed E-state index contributed by atoms with van der Waals surface area (Å²) in [5.41, 5.74) is 2.10. The van der Waals surface area contributed by atoms with Crippen LogP contribution >= 0.6 is 0 Å². The van der Waals surface area contributed by atoms with Crippen LogP contribution in [-0.2, 0) is 14.8 Å². The molecule has 2 aromatic carbocycles. The fraction of sp³-hybridized carbons (Fsp3) is 0.316. The summed E-state index contributed by atoms with van der Waals surface area (Å²) >= 11 is 0. The summed E-state index contributed by atoms with van der Waals surface area (Å²) in [6.45, 7) is 5.05. The van der Waals surface area contributed by atoms with Gasteiger partial charge in [-0.1, -0.05) is 6.07 Å². The van der Waals surface area contributed by atoms with E-state index in [-0.39, 0.29) is 29.6 Å². The Bertz CT molecular complexity index is 945. The lowest BCUT2D eigenvalue weighted by atomic mass is 10.1. The molecule has 0 aromatic heterocycles. The number of carbonyl (C=O) groups excluding carboxylic acids is 1. The molecular weight excluding hydrogens is 371 g/mol. The zero-order valence-electron chi connectivity index (χ0n) is 15.7. The van der Waals surface area contributed by atoms with E-state index in [0.717, 1.165) is 11.1 Å². The van der Waals surface area contributed by atoms with Crippen LogP contribution in [0.4, 0.5) is 10.1 Å². The third-order valence-corrected chi connectivity index (χ3v) is 5.68. The molecule has 0 radical (unpaired) electrons. The van der Waals surface area contributed by atoms with Crippen LogP contribution in [0.25, 0.3) is 0 Å². The van der Waals surface area contributed by atoms with Gasteiger partial charge in [0, 0.05) is 25.7 Å². The molecule has 0 aliphatic rings. The second-order valence-electron chi connectivity index (χ2n) is 6.14. The Balaban J connectivity index is 2.17. The number of nitrogens with one attached hydrogen (secondary N) is 1. The van der Waals surface area contributed by atoms with Gasteiger partial charge in [0.1, 0.15) is 16.5 Å². The van der Waals surface area contributed by atoms with Crippen LogP contribution in [0, 0.1) is 19.7 Å². The molecule has 0 unspecified atom stereocenters. The minimum Gasteiger partial charge on any atom is -0.495 e. The predicted molar refractivity (Wildman–Crippen MR) is 102 cm³/mol. The number of carbonyl (C=O) groups is 1. The molecule has 0 saturated heterocycles. The van der Waals surface area contributed by atoms with E-state index in [4.69, 9.17) is 4.74 Å². The maximum atomic E-state index is 13.4. The molecule has 27 heavy (non-hydrogen) atoms. The number of methoxy groups -OCH3 is 1. The fourth-order valence-corrected chi connectivity index (χ4v) is 3.87. The summed E-state index contributed by atoms with van der Waals surface area (Å²) in [5, 5.41) is 0. The molecule has 0 spiro atoms. The van der Waals surface area contributed by atoms with E-state index in [1.54, 1.807) is 18.2 Å². The Labute approximate surface area is 159 Å². The van der Waals surface area contributed by atoms with Crippen molar-refractivity contribution >= 4 is 21.6 Å². The Kier molecular flexibility index (Phi) is 6.56. The van der Waals surface area contributed by atoms with Crippen molar-refractivity contribution in [3.8, 4) is 5.75 Å². The topological polar surface area (TPSA) is 75.7 Å². The molecule has 0 atom stereocenters. The van der Waals surface area contributed by atoms with Crippen molar-refractivity contribution in [3.63, 3.8) is 0 Å². The number of anilines is 1. The second kappa shape index (κ2) is 8.49. The molecule has 146 valence electrons. The molecule has 6 nitrogen and oxygen atoms in total. The van der Waals surface area contributed by atoms with Crippen molar-refractivity contribution in [1.29, 1.82) is 0 Å². The molecule has 0 heterocycles. The van der Waals surface area contributed by atoms with Crippen LogP contribution in [0.5, 0.6) is 5.75 Å². The zero-order chi connectivity index (χ0) is 20.2. The highest BCUT2D eigenvalue weighted by Gasteiger charge is 2.21. The number of ether oxygens (including phenoxy) is 1. The van der Waals surface area contributed by atoms with E-state index >= 15 is 0 Å². The molecule has 1 amide bonds. The van der Waals surface area contributed by atoms with Gasteiger partial charge in [-0.15, -0.1) is 0 Å². The number of rotatable bonds is 7. The number of nitrogens with zero attached hydrogens (tertiary/aromatic N) is 1. The fourth-order valence-electron chi connectivity index (χ4n) is 2.61. The molecule has 0 aliphatic carbocycles. The summed E-state index contributed by atoms with van der Waals surface area (Å²) in [5.74, 6) is -0.540. The van der Waals surface area contributed by atoms with Gasteiger partial charge in [0.15, 0.2) is 0 Å². The van der Waals surface area contributed by atoms with Crippen LogP contribution in [0.1, 0.15) is 18.1 Å².